The van der Waals surface area contributed by atoms with Gasteiger partial charge in [-0.3, -0.25) is 9.59 Å². The quantitative estimate of drug-likeness (QED) is 0.576. The van der Waals surface area contributed by atoms with Crippen LogP contribution >= 0.6 is 15.9 Å². The highest BCUT2D eigenvalue weighted by molar-refractivity contribution is 9.10. The second-order valence-electron chi connectivity index (χ2n) is 5.89. The number of amides is 2. The number of carbonyl (C=O) groups is 2. The normalized spacial score (nSPS) is 10.3. The van der Waals surface area contributed by atoms with Gasteiger partial charge in [0.15, 0.2) is 0 Å². The van der Waals surface area contributed by atoms with Gasteiger partial charge in [0.2, 0.25) is 5.91 Å². The molecule has 26 heavy (non-hydrogen) atoms. The van der Waals surface area contributed by atoms with Crippen LogP contribution in [0.1, 0.15) is 43.0 Å². The number of methoxy groups -OCH3 is 1. The first-order chi connectivity index (χ1) is 12.5. The van der Waals surface area contributed by atoms with E-state index in [4.69, 9.17) is 4.74 Å². The van der Waals surface area contributed by atoms with Gasteiger partial charge in [0, 0.05) is 23.4 Å². The zero-order chi connectivity index (χ0) is 18.9. The summed E-state index contributed by atoms with van der Waals surface area (Å²) in [6.07, 6.45) is 3.51. The molecule has 2 aromatic rings. The maximum atomic E-state index is 12.4. The van der Waals surface area contributed by atoms with Crippen LogP contribution in [0.15, 0.2) is 46.9 Å². The topological polar surface area (TPSA) is 67.4 Å². The van der Waals surface area contributed by atoms with Crippen molar-refractivity contribution < 1.29 is 14.3 Å². The second kappa shape index (κ2) is 9.97. The van der Waals surface area contributed by atoms with Gasteiger partial charge < -0.3 is 15.4 Å². The van der Waals surface area contributed by atoms with Crippen molar-refractivity contribution in [3.05, 3.63) is 52.5 Å². The fourth-order valence-electron chi connectivity index (χ4n) is 2.44. The van der Waals surface area contributed by atoms with Crippen molar-refractivity contribution in [2.45, 2.75) is 32.6 Å². The van der Waals surface area contributed by atoms with E-state index in [1.807, 2.05) is 0 Å². The van der Waals surface area contributed by atoms with E-state index >= 15 is 0 Å². The summed E-state index contributed by atoms with van der Waals surface area (Å²) in [6.45, 7) is 2.10. The summed E-state index contributed by atoms with van der Waals surface area (Å²) in [5.74, 6) is 0.412. The van der Waals surface area contributed by atoms with Crippen molar-refractivity contribution in [2.75, 3.05) is 17.7 Å². The monoisotopic (exact) mass is 418 g/mol. The molecule has 0 aliphatic carbocycles. The Bertz CT molecular complexity index is 777. The van der Waals surface area contributed by atoms with Gasteiger partial charge in [-0.2, -0.15) is 0 Å². The van der Waals surface area contributed by atoms with Gasteiger partial charge in [0.05, 0.1) is 11.6 Å². The summed E-state index contributed by atoms with van der Waals surface area (Å²) < 4.78 is 5.88. The lowest BCUT2D eigenvalue weighted by Crippen LogP contribution is -2.13. The summed E-state index contributed by atoms with van der Waals surface area (Å²) in [5, 5.41) is 5.70. The molecule has 2 N–H and O–H groups in total. The number of benzene rings is 2. The van der Waals surface area contributed by atoms with E-state index in [9.17, 15) is 9.59 Å². The molecular weight excluding hydrogens is 396 g/mol. The van der Waals surface area contributed by atoms with Crippen molar-refractivity contribution in [3.8, 4) is 5.75 Å². The lowest BCUT2D eigenvalue weighted by Gasteiger charge is -2.10. The molecule has 2 rings (SSSR count). The molecular formula is C20H23BrN2O3. The summed E-state index contributed by atoms with van der Waals surface area (Å²) in [6, 6.07) is 12.2. The molecule has 0 bridgehead atoms. The van der Waals surface area contributed by atoms with Crippen LogP contribution in [0.5, 0.6) is 5.75 Å². The number of rotatable bonds is 8. The SMILES string of the molecule is CCCCCC(=O)Nc1cccc(NC(=O)c2ccc(OC)c(Br)c2)c1. The van der Waals surface area contributed by atoms with E-state index in [-0.39, 0.29) is 11.8 Å². The minimum Gasteiger partial charge on any atom is -0.496 e. The van der Waals surface area contributed by atoms with Crippen LogP contribution in [-0.2, 0) is 4.79 Å². The summed E-state index contributed by atoms with van der Waals surface area (Å²) in [7, 11) is 1.57. The molecule has 0 saturated heterocycles. The molecule has 0 aromatic heterocycles. The van der Waals surface area contributed by atoms with Crippen molar-refractivity contribution in [1.29, 1.82) is 0 Å². The molecule has 0 saturated carbocycles. The number of halogens is 1. The van der Waals surface area contributed by atoms with Crippen molar-refractivity contribution >= 4 is 39.1 Å². The average Bonchev–Trinajstić information content (AvgIpc) is 2.62. The minimum absolute atomic E-state index is 0.0130. The van der Waals surface area contributed by atoms with Crippen LogP contribution in [0.3, 0.4) is 0 Å². The summed E-state index contributed by atoms with van der Waals surface area (Å²) in [4.78, 5) is 24.3. The van der Waals surface area contributed by atoms with Crippen LogP contribution in [-0.4, -0.2) is 18.9 Å². The van der Waals surface area contributed by atoms with Crippen molar-refractivity contribution in [2.24, 2.45) is 0 Å². The first kappa shape index (κ1) is 20.0. The van der Waals surface area contributed by atoms with Gasteiger partial charge in [-0.25, -0.2) is 0 Å². The third-order valence-electron chi connectivity index (χ3n) is 3.83. The van der Waals surface area contributed by atoms with E-state index in [0.29, 0.717) is 33.6 Å². The molecule has 138 valence electrons. The number of anilines is 2. The van der Waals surface area contributed by atoms with Crippen LogP contribution < -0.4 is 15.4 Å². The lowest BCUT2D eigenvalue weighted by atomic mass is 10.2. The van der Waals surface area contributed by atoms with Gasteiger partial charge in [0.25, 0.3) is 5.91 Å². The third-order valence-corrected chi connectivity index (χ3v) is 4.45. The summed E-state index contributed by atoms with van der Waals surface area (Å²) in [5.41, 5.74) is 1.79. The second-order valence-corrected chi connectivity index (χ2v) is 6.74. The first-order valence-electron chi connectivity index (χ1n) is 8.58. The van der Waals surface area contributed by atoms with E-state index in [1.54, 1.807) is 49.6 Å². The fourth-order valence-corrected chi connectivity index (χ4v) is 2.99. The van der Waals surface area contributed by atoms with Gasteiger partial charge in [-0.15, -0.1) is 0 Å². The summed E-state index contributed by atoms with van der Waals surface area (Å²) >= 11 is 3.37. The molecule has 0 aliphatic rings. The Morgan fingerprint density at radius 3 is 2.42 bits per heavy atom. The predicted molar refractivity (Wildman–Crippen MR) is 108 cm³/mol. The largest absolute Gasteiger partial charge is 0.496 e. The van der Waals surface area contributed by atoms with Gasteiger partial charge in [-0.05, 0) is 58.7 Å². The maximum absolute atomic E-state index is 12.4. The Morgan fingerprint density at radius 1 is 1.04 bits per heavy atom. The molecule has 0 fully saturated rings. The number of nitrogens with one attached hydrogen (secondary N) is 2. The smallest absolute Gasteiger partial charge is 0.255 e. The van der Waals surface area contributed by atoms with Gasteiger partial charge in [-0.1, -0.05) is 25.8 Å². The zero-order valence-electron chi connectivity index (χ0n) is 15.0. The minimum atomic E-state index is -0.236. The molecule has 6 heteroatoms. The van der Waals surface area contributed by atoms with Gasteiger partial charge in [0.1, 0.15) is 5.75 Å². The van der Waals surface area contributed by atoms with Crippen LogP contribution in [0.25, 0.3) is 0 Å². The van der Waals surface area contributed by atoms with E-state index in [1.165, 1.54) is 0 Å². The molecule has 0 unspecified atom stereocenters. The number of carbonyl (C=O) groups excluding carboxylic acids is 2. The van der Waals surface area contributed by atoms with Gasteiger partial charge >= 0.3 is 0 Å². The number of ether oxygens (including phenoxy) is 1. The highest BCUT2D eigenvalue weighted by Gasteiger charge is 2.10. The number of hydrogen-bond acceptors (Lipinski definition) is 3. The molecule has 0 spiro atoms. The maximum Gasteiger partial charge on any atom is 0.255 e. The number of hydrogen-bond donors (Lipinski definition) is 2. The predicted octanol–water partition coefficient (Wildman–Crippen LogP) is 5.23. The Kier molecular flexibility index (Phi) is 7.66. The van der Waals surface area contributed by atoms with Crippen LogP contribution in [0, 0.1) is 0 Å². The Morgan fingerprint density at radius 2 is 1.77 bits per heavy atom. The number of unbranched alkanes of at least 4 members (excludes halogenated alkanes) is 2. The first-order valence-corrected chi connectivity index (χ1v) is 9.37. The van der Waals surface area contributed by atoms with Crippen LogP contribution in [0.2, 0.25) is 0 Å². The highest BCUT2D eigenvalue weighted by atomic mass is 79.9. The van der Waals surface area contributed by atoms with Crippen molar-refractivity contribution in [1.82, 2.24) is 0 Å². The average molecular weight is 419 g/mol. The molecule has 0 radical (unpaired) electrons. The van der Waals surface area contributed by atoms with E-state index in [0.717, 1.165) is 19.3 Å². The molecule has 2 aromatic carbocycles. The molecule has 0 atom stereocenters. The standard InChI is InChI=1S/C20H23BrN2O3/c1-3-4-5-9-19(24)22-15-7-6-8-16(13-15)23-20(25)14-10-11-18(26-2)17(21)12-14/h6-8,10-13H,3-5,9H2,1-2H3,(H,22,24)(H,23,25). The Balaban J connectivity index is 2.00. The molecule has 5 nitrogen and oxygen atoms in total. The highest BCUT2D eigenvalue weighted by Crippen LogP contribution is 2.26. The molecule has 0 heterocycles. The van der Waals surface area contributed by atoms with Crippen LogP contribution in [0.4, 0.5) is 11.4 Å². The fraction of sp³-hybridized carbons (Fsp3) is 0.300. The Hall–Kier alpha value is -2.34. The van der Waals surface area contributed by atoms with E-state index in [2.05, 4.69) is 33.5 Å². The lowest BCUT2D eigenvalue weighted by molar-refractivity contribution is -0.116. The zero-order valence-corrected chi connectivity index (χ0v) is 16.6. The molecule has 0 aliphatic heterocycles. The molecule has 2 amide bonds. The Labute approximate surface area is 162 Å². The third kappa shape index (κ3) is 5.88. The van der Waals surface area contributed by atoms with E-state index < -0.39 is 0 Å². The van der Waals surface area contributed by atoms with Crippen molar-refractivity contribution in [3.63, 3.8) is 0 Å².